The predicted molar refractivity (Wildman–Crippen MR) is 129 cm³/mol. The Hall–Kier alpha value is -3.11. The zero-order valence-electron chi connectivity index (χ0n) is 18.9. The van der Waals surface area contributed by atoms with Crippen LogP contribution in [0.4, 0.5) is 10.1 Å². The quantitative estimate of drug-likeness (QED) is 0.441. The number of fused-ring (bicyclic) bond motifs is 1. The highest BCUT2D eigenvalue weighted by Gasteiger charge is 2.26. The summed E-state index contributed by atoms with van der Waals surface area (Å²) in [6.07, 6.45) is 0. The van der Waals surface area contributed by atoms with E-state index in [0.29, 0.717) is 30.0 Å². The second-order valence-corrected chi connectivity index (χ2v) is 8.61. The van der Waals surface area contributed by atoms with E-state index in [1.54, 1.807) is 16.7 Å². The monoisotopic (exact) mass is 470 g/mol. The van der Waals surface area contributed by atoms with Crippen LogP contribution in [0, 0.1) is 10.6 Å². The van der Waals surface area contributed by atoms with Crippen molar-refractivity contribution in [2.24, 2.45) is 0 Å². The molecule has 1 saturated heterocycles. The first-order valence-electron chi connectivity index (χ1n) is 11.0. The molecule has 3 aromatic rings. The van der Waals surface area contributed by atoms with E-state index in [1.165, 1.54) is 7.05 Å². The number of nitrogens with zero attached hydrogens (tertiary/aromatic N) is 4. The van der Waals surface area contributed by atoms with Crippen LogP contribution < -0.4 is 15.9 Å². The molecule has 0 saturated carbocycles. The molecule has 1 atom stereocenters. The van der Waals surface area contributed by atoms with Crippen molar-refractivity contribution < 1.29 is 9.18 Å². The van der Waals surface area contributed by atoms with E-state index in [9.17, 15) is 14.0 Å². The standard InChI is InChI=1S/C23H27FN6O2S/c1-4-29-22(33)16-6-5-15(11-18(16)27-23(29)32)13-28-9-10-30(14(2)12-28)19-8-7-17(21(31)25-3)26-20(19)24/h5-8,11,14H,4,9-10,12-13H2,1-3H3,(H,25,31)(H,27,32). The summed E-state index contributed by atoms with van der Waals surface area (Å²) >= 11 is 5.47. The van der Waals surface area contributed by atoms with E-state index < -0.39 is 11.9 Å². The molecule has 1 aliphatic rings. The summed E-state index contributed by atoms with van der Waals surface area (Å²) in [5.74, 6) is -1.05. The number of aromatic amines is 1. The second-order valence-electron chi connectivity index (χ2n) is 8.22. The van der Waals surface area contributed by atoms with Gasteiger partial charge in [0, 0.05) is 51.2 Å². The van der Waals surface area contributed by atoms with E-state index in [2.05, 4.69) is 20.2 Å². The molecule has 1 aliphatic heterocycles. The molecular weight excluding hydrogens is 443 g/mol. The normalized spacial score (nSPS) is 16.8. The number of nitrogens with one attached hydrogen (secondary N) is 2. The van der Waals surface area contributed by atoms with Gasteiger partial charge in [0.05, 0.1) is 11.2 Å². The summed E-state index contributed by atoms with van der Waals surface area (Å²) < 4.78 is 16.7. The number of amides is 1. The van der Waals surface area contributed by atoms with Crippen LogP contribution in [0.25, 0.3) is 10.9 Å². The van der Waals surface area contributed by atoms with Crippen LogP contribution in [0.1, 0.15) is 29.9 Å². The fourth-order valence-electron chi connectivity index (χ4n) is 4.38. The second kappa shape index (κ2) is 9.40. The maximum Gasteiger partial charge on any atom is 0.326 e. The number of piperazine rings is 1. The molecular formula is C23H27FN6O2S. The highest BCUT2D eigenvalue weighted by Crippen LogP contribution is 2.24. The van der Waals surface area contributed by atoms with Crippen LogP contribution in [-0.2, 0) is 13.1 Å². The number of aromatic nitrogens is 3. The summed E-state index contributed by atoms with van der Waals surface area (Å²) in [6, 6.07) is 9.20. The molecule has 10 heteroatoms. The zero-order valence-corrected chi connectivity index (χ0v) is 19.7. The Morgan fingerprint density at radius 2 is 2.09 bits per heavy atom. The first-order chi connectivity index (χ1) is 15.8. The van der Waals surface area contributed by atoms with E-state index >= 15 is 0 Å². The molecule has 1 fully saturated rings. The van der Waals surface area contributed by atoms with Crippen molar-refractivity contribution in [1.29, 1.82) is 0 Å². The van der Waals surface area contributed by atoms with Gasteiger partial charge in [0.25, 0.3) is 5.91 Å². The van der Waals surface area contributed by atoms with Gasteiger partial charge in [-0.3, -0.25) is 14.3 Å². The number of halogens is 1. The van der Waals surface area contributed by atoms with Gasteiger partial charge in [-0.2, -0.15) is 4.39 Å². The van der Waals surface area contributed by atoms with E-state index in [4.69, 9.17) is 12.2 Å². The maximum absolute atomic E-state index is 14.6. The van der Waals surface area contributed by atoms with Gasteiger partial charge in [0.1, 0.15) is 10.3 Å². The van der Waals surface area contributed by atoms with Crippen LogP contribution in [0.15, 0.2) is 35.1 Å². The highest BCUT2D eigenvalue weighted by molar-refractivity contribution is 7.71. The number of pyridine rings is 1. The average Bonchev–Trinajstić information content (AvgIpc) is 2.79. The molecule has 1 aromatic carbocycles. The lowest BCUT2D eigenvalue weighted by Crippen LogP contribution is -2.52. The lowest BCUT2D eigenvalue weighted by Gasteiger charge is -2.41. The van der Waals surface area contributed by atoms with Gasteiger partial charge in [-0.05, 0) is 43.7 Å². The van der Waals surface area contributed by atoms with Crippen LogP contribution in [0.5, 0.6) is 0 Å². The van der Waals surface area contributed by atoms with Gasteiger partial charge in [0.2, 0.25) is 5.95 Å². The molecule has 2 aromatic heterocycles. The molecule has 3 heterocycles. The smallest absolute Gasteiger partial charge is 0.326 e. The Bertz CT molecular complexity index is 1320. The lowest BCUT2D eigenvalue weighted by atomic mass is 10.1. The number of carbonyl (C=O) groups is 1. The number of H-pyrrole nitrogens is 1. The first kappa shape index (κ1) is 23.1. The minimum Gasteiger partial charge on any atom is -0.363 e. The number of hydrogen-bond acceptors (Lipinski definition) is 6. The number of benzene rings is 1. The minimum atomic E-state index is -0.640. The third kappa shape index (κ3) is 4.53. The van der Waals surface area contributed by atoms with Crippen molar-refractivity contribution >= 4 is 34.7 Å². The molecule has 174 valence electrons. The zero-order chi connectivity index (χ0) is 23.7. The van der Waals surface area contributed by atoms with Crippen LogP contribution in [0.2, 0.25) is 0 Å². The Balaban J connectivity index is 1.48. The molecule has 33 heavy (non-hydrogen) atoms. The van der Waals surface area contributed by atoms with E-state index in [0.717, 1.165) is 29.6 Å². The van der Waals surface area contributed by atoms with Gasteiger partial charge in [-0.25, -0.2) is 9.78 Å². The average molecular weight is 471 g/mol. The van der Waals surface area contributed by atoms with Crippen molar-refractivity contribution in [1.82, 2.24) is 24.8 Å². The fourth-order valence-corrected chi connectivity index (χ4v) is 4.77. The third-order valence-electron chi connectivity index (χ3n) is 6.08. The van der Waals surface area contributed by atoms with Crippen molar-refractivity contribution in [3.63, 3.8) is 0 Å². The molecule has 0 radical (unpaired) electrons. The molecule has 4 rings (SSSR count). The van der Waals surface area contributed by atoms with Gasteiger partial charge in [-0.15, -0.1) is 0 Å². The lowest BCUT2D eigenvalue weighted by molar-refractivity contribution is 0.0957. The van der Waals surface area contributed by atoms with E-state index in [-0.39, 0.29) is 17.4 Å². The number of carbonyl (C=O) groups excluding carboxylic acids is 1. The molecule has 0 aliphatic carbocycles. The summed E-state index contributed by atoms with van der Waals surface area (Å²) in [5, 5.41) is 3.31. The van der Waals surface area contributed by atoms with Crippen molar-refractivity contribution in [2.45, 2.75) is 33.0 Å². The van der Waals surface area contributed by atoms with Gasteiger partial charge in [-0.1, -0.05) is 18.3 Å². The largest absolute Gasteiger partial charge is 0.363 e. The minimum absolute atomic E-state index is 0.0592. The van der Waals surface area contributed by atoms with Gasteiger partial charge in [0.15, 0.2) is 0 Å². The molecule has 0 bridgehead atoms. The molecule has 1 amide bonds. The molecule has 1 unspecified atom stereocenters. The Labute approximate surface area is 196 Å². The Morgan fingerprint density at radius 1 is 1.30 bits per heavy atom. The van der Waals surface area contributed by atoms with Gasteiger partial charge >= 0.3 is 5.69 Å². The summed E-state index contributed by atoms with van der Waals surface area (Å²) in [5.41, 5.74) is 2.08. The Kier molecular flexibility index (Phi) is 6.57. The van der Waals surface area contributed by atoms with Crippen molar-refractivity contribution in [3.05, 3.63) is 62.7 Å². The third-order valence-corrected chi connectivity index (χ3v) is 6.52. The summed E-state index contributed by atoms with van der Waals surface area (Å²) in [6.45, 7) is 7.29. The SMILES string of the molecule is CCn1c(=O)[nH]c2cc(CN3CCN(c4ccc(C(=O)NC)nc4F)C(C)C3)ccc2c1=S. The topological polar surface area (TPSA) is 86.3 Å². The first-order valence-corrected chi connectivity index (χ1v) is 11.4. The Morgan fingerprint density at radius 3 is 2.76 bits per heavy atom. The summed E-state index contributed by atoms with van der Waals surface area (Å²) in [4.78, 5) is 35.0. The highest BCUT2D eigenvalue weighted by atomic mass is 32.1. The van der Waals surface area contributed by atoms with E-state index in [1.807, 2.05) is 36.9 Å². The number of rotatable bonds is 5. The molecule has 2 N–H and O–H groups in total. The predicted octanol–water partition coefficient (Wildman–Crippen LogP) is 2.68. The van der Waals surface area contributed by atoms with Crippen LogP contribution in [0.3, 0.4) is 0 Å². The van der Waals surface area contributed by atoms with Crippen molar-refractivity contribution in [3.8, 4) is 0 Å². The number of anilines is 1. The summed E-state index contributed by atoms with van der Waals surface area (Å²) in [7, 11) is 1.49. The molecule has 0 spiro atoms. The van der Waals surface area contributed by atoms with Crippen LogP contribution >= 0.6 is 12.2 Å². The van der Waals surface area contributed by atoms with Crippen LogP contribution in [-0.4, -0.2) is 58.1 Å². The van der Waals surface area contributed by atoms with Gasteiger partial charge < -0.3 is 15.2 Å². The molecule has 8 nitrogen and oxygen atoms in total. The maximum atomic E-state index is 14.6. The number of hydrogen-bond donors (Lipinski definition) is 2. The fraction of sp³-hybridized carbons (Fsp3) is 0.391. The van der Waals surface area contributed by atoms with Crippen molar-refractivity contribution in [2.75, 3.05) is 31.6 Å².